The van der Waals surface area contributed by atoms with Gasteiger partial charge in [-0.25, -0.2) is 4.79 Å². The van der Waals surface area contributed by atoms with E-state index in [9.17, 15) is 14.7 Å². The second-order valence-electron chi connectivity index (χ2n) is 4.75. The van der Waals surface area contributed by atoms with Gasteiger partial charge in [0.2, 0.25) is 0 Å². The van der Waals surface area contributed by atoms with Crippen LogP contribution in [0.1, 0.15) is 31.1 Å². The van der Waals surface area contributed by atoms with Gasteiger partial charge < -0.3 is 19.9 Å². The number of nitrogens with zero attached hydrogens (tertiary/aromatic N) is 1. The van der Waals surface area contributed by atoms with E-state index in [1.54, 1.807) is 0 Å². The van der Waals surface area contributed by atoms with E-state index < -0.39 is 24.0 Å². The van der Waals surface area contributed by atoms with Crippen LogP contribution in [0.15, 0.2) is 18.5 Å². The van der Waals surface area contributed by atoms with Crippen molar-refractivity contribution in [1.82, 2.24) is 10.3 Å². The van der Waals surface area contributed by atoms with Gasteiger partial charge >= 0.3 is 5.97 Å². The Morgan fingerprint density at radius 2 is 2.00 bits per heavy atom. The number of pyridine rings is 1. The van der Waals surface area contributed by atoms with Gasteiger partial charge in [0.25, 0.3) is 5.91 Å². The molecule has 0 spiro atoms. The number of carbonyl (C=O) groups excluding carboxylic acids is 2. The summed E-state index contributed by atoms with van der Waals surface area (Å²) in [6, 6.07) is 0.325. The van der Waals surface area contributed by atoms with Crippen LogP contribution in [0, 0.1) is 0 Å². The molecule has 2 atom stereocenters. The largest absolute Gasteiger partial charge is 0.489 e. The van der Waals surface area contributed by atoms with Crippen molar-refractivity contribution in [2.45, 2.75) is 39.0 Å². The van der Waals surface area contributed by atoms with E-state index >= 15 is 0 Å². The summed E-state index contributed by atoms with van der Waals surface area (Å²) in [5.74, 6) is -0.970. The second-order valence-corrected chi connectivity index (χ2v) is 4.75. The van der Waals surface area contributed by atoms with Gasteiger partial charge in [-0.1, -0.05) is 0 Å². The minimum Gasteiger partial charge on any atom is -0.489 e. The van der Waals surface area contributed by atoms with Gasteiger partial charge in [0, 0.05) is 6.20 Å². The van der Waals surface area contributed by atoms with Crippen molar-refractivity contribution in [2.75, 3.05) is 7.11 Å². The predicted octanol–water partition coefficient (Wildman–Crippen LogP) is 0.521. The molecule has 0 aliphatic carbocycles. The molecule has 1 aromatic heterocycles. The molecule has 0 aliphatic rings. The number of nitrogens with one attached hydrogen (secondary N) is 1. The number of hydrogen-bond acceptors (Lipinski definition) is 6. The van der Waals surface area contributed by atoms with Crippen LogP contribution in [0.25, 0.3) is 0 Å². The summed E-state index contributed by atoms with van der Waals surface area (Å²) in [5, 5.41) is 12.0. The Kier molecular flexibility index (Phi) is 6.10. The number of carbonyl (C=O) groups is 2. The number of methoxy groups -OCH3 is 1. The van der Waals surface area contributed by atoms with Crippen molar-refractivity contribution in [3.8, 4) is 5.75 Å². The van der Waals surface area contributed by atoms with Gasteiger partial charge in [-0.15, -0.1) is 0 Å². The molecule has 7 nitrogen and oxygen atoms in total. The summed E-state index contributed by atoms with van der Waals surface area (Å²) in [6.07, 6.45) is 1.65. The highest BCUT2D eigenvalue weighted by Gasteiger charge is 2.27. The number of rotatable bonds is 6. The molecular weight excluding hydrogens is 276 g/mol. The molecule has 2 N–H and O–H groups in total. The van der Waals surface area contributed by atoms with Crippen molar-refractivity contribution in [2.24, 2.45) is 0 Å². The Balaban J connectivity index is 2.95. The third kappa shape index (κ3) is 4.71. The van der Waals surface area contributed by atoms with Gasteiger partial charge in [0.05, 0.1) is 31.1 Å². The first-order chi connectivity index (χ1) is 9.86. The average Bonchev–Trinajstić information content (AvgIpc) is 2.43. The quantitative estimate of drug-likeness (QED) is 0.743. The predicted molar refractivity (Wildman–Crippen MR) is 75.0 cm³/mol. The number of aromatic nitrogens is 1. The van der Waals surface area contributed by atoms with E-state index in [1.807, 2.05) is 13.8 Å². The van der Waals surface area contributed by atoms with Gasteiger partial charge in [-0.2, -0.15) is 0 Å². The Morgan fingerprint density at radius 3 is 2.52 bits per heavy atom. The van der Waals surface area contributed by atoms with Crippen LogP contribution < -0.4 is 10.1 Å². The lowest BCUT2D eigenvalue weighted by Gasteiger charge is -2.20. The van der Waals surface area contributed by atoms with Gasteiger partial charge in [-0.3, -0.25) is 9.78 Å². The van der Waals surface area contributed by atoms with Crippen molar-refractivity contribution < 1.29 is 24.2 Å². The SMILES string of the molecule is COC(=O)[C@@H](NC(=O)c1ccncc1OC(C)C)[C@@H](C)O. The van der Waals surface area contributed by atoms with Gasteiger partial charge in [-0.05, 0) is 26.8 Å². The number of aliphatic hydroxyl groups excluding tert-OH is 1. The molecule has 0 aromatic carbocycles. The number of ether oxygens (including phenoxy) is 2. The topological polar surface area (TPSA) is 97.8 Å². The van der Waals surface area contributed by atoms with E-state index in [0.29, 0.717) is 5.75 Å². The maximum absolute atomic E-state index is 12.2. The molecular formula is C14H20N2O5. The first kappa shape index (κ1) is 16.9. The second kappa shape index (κ2) is 7.58. The Labute approximate surface area is 123 Å². The van der Waals surface area contributed by atoms with Crippen molar-refractivity contribution >= 4 is 11.9 Å². The first-order valence-electron chi connectivity index (χ1n) is 6.54. The van der Waals surface area contributed by atoms with Gasteiger partial charge in [0.1, 0.15) is 0 Å². The van der Waals surface area contributed by atoms with Crippen LogP contribution in [0.3, 0.4) is 0 Å². The monoisotopic (exact) mass is 296 g/mol. The summed E-state index contributed by atoms with van der Waals surface area (Å²) in [4.78, 5) is 27.7. The summed E-state index contributed by atoms with van der Waals surface area (Å²) in [7, 11) is 1.18. The van der Waals surface area contributed by atoms with Crippen LogP contribution in [0.5, 0.6) is 5.75 Å². The number of amides is 1. The van der Waals surface area contributed by atoms with Crippen molar-refractivity contribution in [3.63, 3.8) is 0 Å². The highest BCUT2D eigenvalue weighted by Crippen LogP contribution is 2.18. The maximum atomic E-state index is 12.2. The molecule has 0 aliphatic heterocycles. The lowest BCUT2D eigenvalue weighted by atomic mass is 10.1. The summed E-state index contributed by atoms with van der Waals surface area (Å²) < 4.78 is 10.0. The van der Waals surface area contributed by atoms with E-state index in [1.165, 1.54) is 32.5 Å². The van der Waals surface area contributed by atoms with Crippen LogP contribution in [0.2, 0.25) is 0 Å². The molecule has 1 rings (SSSR count). The van der Waals surface area contributed by atoms with E-state index in [2.05, 4.69) is 15.0 Å². The van der Waals surface area contributed by atoms with Gasteiger partial charge in [0.15, 0.2) is 11.8 Å². The number of aliphatic hydroxyl groups is 1. The van der Waals surface area contributed by atoms with Crippen LogP contribution in [-0.2, 0) is 9.53 Å². The molecule has 0 bridgehead atoms. The normalized spacial score (nSPS) is 13.4. The zero-order chi connectivity index (χ0) is 16.0. The standard InChI is InChI=1S/C14H20N2O5/c1-8(2)21-11-7-15-6-5-10(11)13(18)16-12(9(3)17)14(19)20-4/h5-9,12,17H,1-4H3,(H,16,18)/t9-,12+/m1/s1. The summed E-state index contributed by atoms with van der Waals surface area (Å²) >= 11 is 0. The van der Waals surface area contributed by atoms with E-state index in [0.717, 1.165) is 0 Å². The Morgan fingerprint density at radius 1 is 1.33 bits per heavy atom. The molecule has 116 valence electrons. The smallest absolute Gasteiger partial charge is 0.331 e. The lowest BCUT2D eigenvalue weighted by molar-refractivity contribution is -0.145. The van der Waals surface area contributed by atoms with Crippen molar-refractivity contribution in [3.05, 3.63) is 24.0 Å². The molecule has 0 saturated carbocycles. The highest BCUT2D eigenvalue weighted by molar-refractivity contribution is 5.99. The minimum atomic E-state index is -1.15. The third-order valence-electron chi connectivity index (χ3n) is 2.62. The molecule has 0 radical (unpaired) electrons. The summed E-state index contributed by atoms with van der Waals surface area (Å²) in [6.45, 7) is 5.03. The molecule has 1 aromatic rings. The maximum Gasteiger partial charge on any atom is 0.331 e. The van der Waals surface area contributed by atoms with Crippen LogP contribution in [0.4, 0.5) is 0 Å². The first-order valence-corrected chi connectivity index (χ1v) is 6.54. The van der Waals surface area contributed by atoms with Crippen LogP contribution >= 0.6 is 0 Å². The number of esters is 1. The average molecular weight is 296 g/mol. The van der Waals surface area contributed by atoms with Crippen LogP contribution in [-0.4, -0.2) is 47.3 Å². The molecule has 7 heteroatoms. The van der Waals surface area contributed by atoms with E-state index in [4.69, 9.17) is 4.74 Å². The molecule has 0 fully saturated rings. The van der Waals surface area contributed by atoms with Crippen molar-refractivity contribution in [1.29, 1.82) is 0 Å². The molecule has 21 heavy (non-hydrogen) atoms. The molecule has 1 amide bonds. The van der Waals surface area contributed by atoms with E-state index in [-0.39, 0.29) is 11.7 Å². The third-order valence-corrected chi connectivity index (χ3v) is 2.62. The fourth-order valence-corrected chi connectivity index (χ4v) is 1.64. The molecule has 0 unspecified atom stereocenters. The fraction of sp³-hybridized carbons (Fsp3) is 0.500. The zero-order valence-electron chi connectivity index (χ0n) is 12.5. The highest BCUT2D eigenvalue weighted by atomic mass is 16.5. The Hall–Kier alpha value is -2.15. The minimum absolute atomic E-state index is 0.131. The Bertz CT molecular complexity index is 502. The lowest BCUT2D eigenvalue weighted by Crippen LogP contribution is -2.48. The fourth-order valence-electron chi connectivity index (χ4n) is 1.64. The number of hydrogen-bond donors (Lipinski definition) is 2. The summed E-state index contributed by atoms with van der Waals surface area (Å²) in [5.41, 5.74) is 0.230. The molecule has 0 saturated heterocycles. The molecule has 1 heterocycles. The zero-order valence-corrected chi connectivity index (χ0v) is 12.5.